The fourth-order valence-electron chi connectivity index (χ4n) is 1.50. The second-order valence-electron chi connectivity index (χ2n) is 4.63. The van der Waals surface area contributed by atoms with Crippen molar-refractivity contribution in [3.63, 3.8) is 0 Å². The number of hydrogen-bond acceptors (Lipinski definition) is 3. The fraction of sp³-hybridized carbons (Fsp3) is 0.176. The van der Waals surface area contributed by atoms with Gasteiger partial charge in [0.2, 0.25) is 0 Å². The van der Waals surface area contributed by atoms with E-state index in [0.29, 0.717) is 0 Å². The topological polar surface area (TPSA) is 37.4 Å². The first-order valence-electron chi connectivity index (χ1n) is 6.31. The van der Waals surface area contributed by atoms with Gasteiger partial charge in [0, 0.05) is 30.9 Å². The van der Waals surface area contributed by atoms with Crippen molar-refractivity contribution in [3.8, 4) is 0 Å². The Bertz CT molecular complexity index is 542. The lowest BCUT2D eigenvalue weighted by Gasteiger charge is -2.11. The van der Waals surface area contributed by atoms with Gasteiger partial charge in [0.1, 0.15) is 12.6 Å². The first-order valence-corrected chi connectivity index (χ1v) is 6.31. The molecule has 0 radical (unpaired) electrons. The standard InChI is InChI=1S/C9H11NO.C8H8O/c1-10(2)9-5-3-8(7-11)4-6-9;1-7-2-4-8(6-9)5-3-7/h3-7H,1-2H3;2-6H,1H3. The maximum absolute atomic E-state index is 10.3. The van der Waals surface area contributed by atoms with Gasteiger partial charge in [-0.2, -0.15) is 0 Å². The zero-order chi connectivity index (χ0) is 15.0. The van der Waals surface area contributed by atoms with Crippen molar-refractivity contribution >= 4 is 18.3 Å². The van der Waals surface area contributed by atoms with Crippen molar-refractivity contribution in [2.24, 2.45) is 0 Å². The Labute approximate surface area is 119 Å². The van der Waals surface area contributed by atoms with Gasteiger partial charge in [-0.3, -0.25) is 9.59 Å². The number of benzene rings is 2. The Morgan fingerprint density at radius 1 is 0.750 bits per heavy atom. The smallest absolute Gasteiger partial charge is 0.150 e. The third kappa shape index (κ3) is 5.06. The summed E-state index contributed by atoms with van der Waals surface area (Å²) in [6.45, 7) is 1.99. The highest BCUT2D eigenvalue weighted by molar-refractivity contribution is 5.75. The molecule has 0 aromatic heterocycles. The highest BCUT2D eigenvalue weighted by Crippen LogP contribution is 2.10. The molecule has 2 aromatic carbocycles. The van der Waals surface area contributed by atoms with Crippen LogP contribution in [0.1, 0.15) is 26.3 Å². The molecular weight excluding hydrogens is 250 g/mol. The largest absolute Gasteiger partial charge is 0.378 e. The lowest BCUT2D eigenvalue weighted by Crippen LogP contribution is -2.08. The van der Waals surface area contributed by atoms with Crippen molar-refractivity contribution in [1.29, 1.82) is 0 Å². The van der Waals surface area contributed by atoms with Gasteiger partial charge in [0.15, 0.2) is 0 Å². The zero-order valence-corrected chi connectivity index (χ0v) is 12.0. The summed E-state index contributed by atoms with van der Waals surface area (Å²) in [7, 11) is 3.94. The van der Waals surface area contributed by atoms with Gasteiger partial charge in [-0.1, -0.05) is 29.8 Å². The fourth-order valence-corrected chi connectivity index (χ4v) is 1.50. The van der Waals surface area contributed by atoms with Crippen molar-refractivity contribution in [3.05, 3.63) is 65.2 Å². The summed E-state index contributed by atoms with van der Waals surface area (Å²) in [4.78, 5) is 22.4. The summed E-state index contributed by atoms with van der Waals surface area (Å²) in [5, 5.41) is 0. The van der Waals surface area contributed by atoms with E-state index in [2.05, 4.69) is 0 Å². The first-order chi connectivity index (χ1) is 9.56. The van der Waals surface area contributed by atoms with Gasteiger partial charge in [0.05, 0.1) is 0 Å². The molecule has 0 saturated carbocycles. The van der Waals surface area contributed by atoms with Gasteiger partial charge < -0.3 is 4.90 Å². The van der Waals surface area contributed by atoms with Crippen LogP contribution in [0.5, 0.6) is 0 Å². The average molecular weight is 269 g/mol. The van der Waals surface area contributed by atoms with E-state index in [0.717, 1.165) is 29.4 Å². The molecule has 0 spiro atoms. The summed E-state index contributed by atoms with van der Waals surface area (Å²) in [6, 6.07) is 14.9. The molecule has 0 saturated heterocycles. The molecule has 3 nitrogen and oxygen atoms in total. The number of nitrogens with zero attached hydrogens (tertiary/aromatic N) is 1. The normalized spacial score (nSPS) is 9.15. The lowest BCUT2D eigenvalue weighted by atomic mass is 10.2. The molecule has 0 unspecified atom stereocenters. The molecule has 2 aromatic rings. The third-order valence-corrected chi connectivity index (χ3v) is 2.76. The maximum Gasteiger partial charge on any atom is 0.150 e. The number of aryl methyl sites for hydroxylation is 1. The number of aldehydes is 2. The Morgan fingerprint density at radius 2 is 1.15 bits per heavy atom. The summed E-state index contributed by atoms with van der Waals surface area (Å²) in [5.74, 6) is 0. The molecule has 0 heterocycles. The molecule has 0 fully saturated rings. The van der Waals surface area contributed by atoms with Crippen LogP contribution in [-0.2, 0) is 0 Å². The number of rotatable bonds is 3. The Kier molecular flexibility index (Phi) is 6.17. The molecular formula is C17H19NO2. The third-order valence-electron chi connectivity index (χ3n) is 2.76. The number of carbonyl (C=O) groups excluding carboxylic acids is 2. The van der Waals surface area contributed by atoms with Gasteiger partial charge in [-0.05, 0) is 31.2 Å². The maximum atomic E-state index is 10.3. The molecule has 0 aliphatic rings. The monoisotopic (exact) mass is 269 g/mol. The molecule has 2 rings (SSSR count). The Morgan fingerprint density at radius 3 is 1.50 bits per heavy atom. The predicted molar refractivity (Wildman–Crippen MR) is 82.7 cm³/mol. The van der Waals surface area contributed by atoms with E-state index in [4.69, 9.17) is 0 Å². The molecule has 0 aliphatic heterocycles. The minimum Gasteiger partial charge on any atom is -0.378 e. The Hall–Kier alpha value is -2.42. The summed E-state index contributed by atoms with van der Waals surface area (Å²) >= 11 is 0. The molecule has 0 bridgehead atoms. The quantitative estimate of drug-likeness (QED) is 0.802. The van der Waals surface area contributed by atoms with Crippen LogP contribution in [0, 0.1) is 6.92 Å². The van der Waals surface area contributed by atoms with Gasteiger partial charge >= 0.3 is 0 Å². The molecule has 0 aliphatic carbocycles. The van der Waals surface area contributed by atoms with Crippen molar-refractivity contribution in [2.45, 2.75) is 6.92 Å². The van der Waals surface area contributed by atoms with Gasteiger partial charge in [-0.15, -0.1) is 0 Å². The lowest BCUT2D eigenvalue weighted by molar-refractivity contribution is 0.111. The number of carbonyl (C=O) groups is 2. The van der Waals surface area contributed by atoms with Crippen LogP contribution in [0.3, 0.4) is 0 Å². The SMILES string of the molecule is CN(C)c1ccc(C=O)cc1.Cc1ccc(C=O)cc1. The van der Waals surface area contributed by atoms with Gasteiger partial charge in [0.25, 0.3) is 0 Å². The van der Waals surface area contributed by atoms with E-state index in [1.165, 1.54) is 5.56 Å². The van der Waals surface area contributed by atoms with Crippen LogP contribution in [-0.4, -0.2) is 26.7 Å². The van der Waals surface area contributed by atoms with E-state index in [9.17, 15) is 9.59 Å². The van der Waals surface area contributed by atoms with E-state index in [-0.39, 0.29) is 0 Å². The molecule has 0 amide bonds. The molecule has 0 atom stereocenters. The summed E-state index contributed by atoms with van der Waals surface area (Å²) < 4.78 is 0. The van der Waals surface area contributed by atoms with Crippen LogP contribution in [0.15, 0.2) is 48.5 Å². The van der Waals surface area contributed by atoms with E-state index >= 15 is 0 Å². The first kappa shape index (κ1) is 15.6. The van der Waals surface area contributed by atoms with Gasteiger partial charge in [-0.25, -0.2) is 0 Å². The second kappa shape index (κ2) is 7.89. The van der Waals surface area contributed by atoms with E-state index in [1.54, 1.807) is 0 Å². The highest BCUT2D eigenvalue weighted by atomic mass is 16.1. The van der Waals surface area contributed by atoms with Crippen molar-refractivity contribution in [1.82, 2.24) is 0 Å². The predicted octanol–water partition coefficient (Wildman–Crippen LogP) is 3.37. The zero-order valence-electron chi connectivity index (χ0n) is 12.0. The average Bonchev–Trinajstić information content (AvgIpc) is 2.49. The molecule has 3 heteroatoms. The van der Waals surface area contributed by atoms with E-state index < -0.39 is 0 Å². The Balaban J connectivity index is 0.000000204. The van der Waals surface area contributed by atoms with Crippen LogP contribution in [0.25, 0.3) is 0 Å². The van der Waals surface area contributed by atoms with Crippen LogP contribution >= 0.6 is 0 Å². The summed E-state index contributed by atoms with van der Waals surface area (Å²) in [5.41, 5.74) is 3.74. The molecule has 104 valence electrons. The number of hydrogen-bond donors (Lipinski definition) is 0. The van der Waals surface area contributed by atoms with Crippen molar-refractivity contribution in [2.75, 3.05) is 19.0 Å². The molecule has 20 heavy (non-hydrogen) atoms. The van der Waals surface area contributed by atoms with Crippen LogP contribution in [0.2, 0.25) is 0 Å². The minimum absolute atomic E-state index is 0.718. The van der Waals surface area contributed by atoms with Crippen LogP contribution < -0.4 is 4.90 Å². The molecule has 0 N–H and O–H groups in total. The van der Waals surface area contributed by atoms with Crippen LogP contribution in [0.4, 0.5) is 5.69 Å². The second-order valence-corrected chi connectivity index (χ2v) is 4.63. The van der Waals surface area contributed by atoms with Crippen molar-refractivity contribution < 1.29 is 9.59 Å². The summed E-state index contributed by atoms with van der Waals surface area (Å²) in [6.07, 6.45) is 1.69. The minimum atomic E-state index is 0.718. The highest BCUT2D eigenvalue weighted by Gasteiger charge is 1.93. The van der Waals surface area contributed by atoms with E-state index in [1.807, 2.05) is 74.4 Å². The number of anilines is 1.